The molecule has 0 bridgehead atoms. The number of carbonyl (C=O) groups excluding carboxylic acids is 1. The number of carbonyl (C=O) groups is 1. The van der Waals surface area contributed by atoms with Gasteiger partial charge in [0.2, 0.25) is 0 Å². The quantitative estimate of drug-likeness (QED) is 0.651. The maximum Gasteiger partial charge on any atom is 0.256 e. The molecule has 1 aromatic carbocycles. The second kappa shape index (κ2) is 4.34. The Morgan fingerprint density at radius 3 is 3.14 bits per heavy atom. The number of nitrogens with zero attached hydrogens (tertiary/aromatic N) is 4. The van der Waals surface area contributed by atoms with Gasteiger partial charge in [0, 0.05) is 35.9 Å². The zero-order valence-corrected chi connectivity index (χ0v) is 11.3. The van der Waals surface area contributed by atoms with Gasteiger partial charge in [0.15, 0.2) is 5.82 Å². The van der Waals surface area contributed by atoms with Crippen LogP contribution in [0.25, 0.3) is 10.9 Å². The Labute approximate surface area is 120 Å². The van der Waals surface area contributed by atoms with Crippen LogP contribution in [0.3, 0.4) is 0 Å². The van der Waals surface area contributed by atoms with Gasteiger partial charge in [-0.15, -0.1) is 10.2 Å². The first kappa shape index (κ1) is 12.0. The van der Waals surface area contributed by atoms with E-state index < -0.39 is 0 Å². The normalized spacial score (nSPS) is 14.4. The summed E-state index contributed by atoms with van der Waals surface area (Å²) in [5.74, 6) is 0.801. The van der Waals surface area contributed by atoms with E-state index in [1.165, 1.54) is 0 Å². The van der Waals surface area contributed by atoms with E-state index in [4.69, 9.17) is 5.73 Å². The van der Waals surface area contributed by atoms with Crippen LogP contribution < -0.4 is 5.73 Å². The zero-order chi connectivity index (χ0) is 14.4. The van der Waals surface area contributed by atoms with Crippen molar-refractivity contribution in [3.05, 3.63) is 42.1 Å². The van der Waals surface area contributed by atoms with Gasteiger partial charge in [-0.3, -0.25) is 4.79 Å². The average molecular weight is 282 g/mol. The summed E-state index contributed by atoms with van der Waals surface area (Å²) < 4.78 is 1.97. The van der Waals surface area contributed by atoms with Crippen molar-refractivity contribution in [2.45, 2.75) is 13.1 Å². The number of benzene rings is 1. The molecule has 3 aromatic rings. The summed E-state index contributed by atoms with van der Waals surface area (Å²) in [6.07, 6.45) is 3.44. The fourth-order valence-electron chi connectivity index (χ4n) is 2.73. The van der Waals surface area contributed by atoms with Crippen molar-refractivity contribution in [2.24, 2.45) is 0 Å². The predicted molar refractivity (Wildman–Crippen MR) is 77.5 cm³/mol. The Kier molecular flexibility index (Phi) is 2.47. The van der Waals surface area contributed by atoms with Crippen LogP contribution in [0, 0.1) is 0 Å². The summed E-state index contributed by atoms with van der Waals surface area (Å²) in [7, 11) is 0. The second-order valence-corrected chi connectivity index (χ2v) is 5.17. The predicted octanol–water partition coefficient (Wildman–Crippen LogP) is 0.998. The molecule has 0 spiro atoms. The Balaban J connectivity index is 1.69. The van der Waals surface area contributed by atoms with Crippen molar-refractivity contribution in [1.82, 2.24) is 24.6 Å². The minimum atomic E-state index is -0.0129. The largest absolute Gasteiger partial charge is 0.399 e. The molecule has 106 valence electrons. The van der Waals surface area contributed by atoms with Crippen LogP contribution in [0.1, 0.15) is 16.2 Å². The molecule has 3 heterocycles. The highest BCUT2D eigenvalue weighted by atomic mass is 16.2. The third kappa shape index (κ3) is 1.85. The summed E-state index contributed by atoms with van der Waals surface area (Å²) >= 11 is 0. The molecule has 0 aliphatic carbocycles. The lowest BCUT2D eigenvalue weighted by Crippen LogP contribution is -2.38. The minimum absolute atomic E-state index is 0.0129. The van der Waals surface area contributed by atoms with Crippen LogP contribution in [-0.4, -0.2) is 37.1 Å². The molecule has 0 radical (unpaired) electrons. The van der Waals surface area contributed by atoms with E-state index in [-0.39, 0.29) is 5.91 Å². The van der Waals surface area contributed by atoms with Gasteiger partial charge in [-0.25, -0.2) is 0 Å². The van der Waals surface area contributed by atoms with Crippen molar-refractivity contribution < 1.29 is 4.79 Å². The van der Waals surface area contributed by atoms with Gasteiger partial charge in [-0.05, 0) is 18.2 Å². The van der Waals surface area contributed by atoms with Crippen LogP contribution in [0.4, 0.5) is 5.69 Å². The molecule has 3 N–H and O–H groups in total. The summed E-state index contributed by atoms with van der Waals surface area (Å²) in [6.45, 7) is 1.85. The summed E-state index contributed by atoms with van der Waals surface area (Å²) in [4.78, 5) is 17.6. The minimum Gasteiger partial charge on any atom is -0.399 e. The first-order chi connectivity index (χ1) is 10.2. The number of nitrogen functional groups attached to an aromatic ring is 1. The van der Waals surface area contributed by atoms with E-state index >= 15 is 0 Å². The Morgan fingerprint density at radius 1 is 1.33 bits per heavy atom. The van der Waals surface area contributed by atoms with Crippen LogP contribution in [0.2, 0.25) is 0 Å². The number of amides is 1. The van der Waals surface area contributed by atoms with E-state index in [0.29, 0.717) is 24.3 Å². The van der Waals surface area contributed by atoms with Gasteiger partial charge in [0.05, 0.1) is 12.1 Å². The second-order valence-electron chi connectivity index (χ2n) is 5.17. The topological polar surface area (TPSA) is 92.8 Å². The third-order valence-corrected chi connectivity index (χ3v) is 3.86. The molecule has 0 fully saturated rings. The number of fused-ring (bicyclic) bond motifs is 2. The number of hydrogen-bond donors (Lipinski definition) is 2. The van der Waals surface area contributed by atoms with Crippen molar-refractivity contribution in [2.75, 3.05) is 12.3 Å². The Morgan fingerprint density at radius 2 is 2.24 bits per heavy atom. The highest BCUT2D eigenvalue weighted by Gasteiger charge is 2.24. The maximum atomic E-state index is 12.7. The lowest BCUT2D eigenvalue weighted by atomic mass is 10.1. The van der Waals surface area contributed by atoms with Crippen molar-refractivity contribution in [1.29, 1.82) is 0 Å². The molecule has 4 rings (SSSR count). The lowest BCUT2D eigenvalue weighted by molar-refractivity contribution is 0.0709. The number of anilines is 1. The molecule has 0 saturated heterocycles. The van der Waals surface area contributed by atoms with Gasteiger partial charge in [0.1, 0.15) is 6.33 Å². The van der Waals surface area contributed by atoms with Gasteiger partial charge in [0.25, 0.3) is 5.91 Å². The fourth-order valence-corrected chi connectivity index (χ4v) is 2.73. The first-order valence-corrected chi connectivity index (χ1v) is 6.75. The smallest absolute Gasteiger partial charge is 0.256 e. The highest BCUT2D eigenvalue weighted by Crippen LogP contribution is 2.23. The van der Waals surface area contributed by atoms with Gasteiger partial charge in [-0.1, -0.05) is 0 Å². The monoisotopic (exact) mass is 282 g/mol. The number of aromatic amines is 1. The Bertz CT molecular complexity index is 833. The van der Waals surface area contributed by atoms with Crippen LogP contribution in [0.15, 0.2) is 30.7 Å². The van der Waals surface area contributed by atoms with Crippen LogP contribution in [-0.2, 0) is 13.1 Å². The molecule has 1 aliphatic rings. The van der Waals surface area contributed by atoms with Crippen molar-refractivity contribution >= 4 is 22.5 Å². The molecule has 7 heteroatoms. The summed E-state index contributed by atoms with van der Waals surface area (Å²) in [5, 5.41) is 8.77. The number of rotatable bonds is 1. The SMILES string of the molecule is Nc1ccc2[nH]cc(C(=O)N3CCn4cnnc4C3)c2c1. The number of H-pyrrole nitrogens is 1. The van der Waals surface area contributed by atoms with E-state index in [1.54, 1.807) is 17.4 Å². The van der Waals surface area contributed by atoms with E-state index in [0.717, 1.165) is 23.3 Å². The average Bonchev–Trinajstić information content (AvgIpc) is 3.11. The molecule has 0 unspecified atom stereocenters. The zero-order valence-electron chi connectivity index (χ0n) is 11.3. The summed E-state index contributed by atoms with van der Waals surface area (Å²) in [5.41, 5.74) is 8.02. The molecule has 2 aromatic heterocycles. The van der Waals surface area contributed by atoms with E-state index in [2.05, 4.69) is 15.2 Å². The maximum absolute atomic E-state index is 12.7. The molecular formula is C14H14N6O. The van der Waals surface area contributed by atoms with Crippen LogP contribution >= 0.6 is 0 Å². The van der Waals surface area contributed by atoms with Crippen molar-refractivity contribution in [3.63, 3.8) is 0 Å². The Hall–Kier alpha value is -2.83. The molecule has 1 amide bonds. The van der Waals surface area contributed by atoms with E-state index in [1.807, 2.05) is 22.8 Å². The number of nitrogens with two attached hydrogens (primary N) is 1. The van der Waals surface area contributed by atoms with Crippen molar-refractivity contribution in [3.8, 4) is 0 Å². The molecule has 0 saturated carbocycles. The first-order valence-electron chi connectivity index (χ1n) is 6.75. The molecule has 21 heavy (non-hydrogen) atoms. The van der Waals surface area contributed by atoms with Gasteiger partial charge >= 0.3 is 0 Å². The molecule has 7 nitrogen and oxygen atoms in total. The van der Waals surface area contributed by atoms with Gasteiger partial charge in [-0.2, -0.15) is 0 Å². The fraction of sp³-hybridized carbons (Fsp3) is 0.214. The van der Waals surface area contributed by atoms with E-state index in [9.17, 15) is 4.79 Å². The number of hydrogen-bond acceptors (Lipinski definition) is 4. The molecule has 1 aliphatic heterocycles. The number of aromatic nitrogens is 4. The third-order valence-electron chi connectivity index (χ3n) is 3.86. The molecular weight excluding hydrogens is 268 g/mol. The van der Waals surface area contributed by atoms with Crippen LogP contribution in [0.5, 0.6) is 0 Å². The summed E-state index contributed by atoms with van der Waals surface area (Å²) in [6, 6.07) is 5.52. The van der Waals surface area contributed by atoms with Gasteiger partial charge < -0.3 is 20.2 Å². The standard InChI is InChI=1S/C14H14N6O/c15-9-1-2-12-10(5-9)11(6-16-12)14(21)19-3-4-20-8-17-18-13(20)7-19/h1-2,5-6,8,16H,3-4,7,15H2. The number of nitrogens with one attached hydrogen (secondary N) is 1. The highest BCUT2D eigenvalue weighted by molar-refractivity contribution is 6.07. The lowest BCUT2D eigenvalue weighted by Gasteiger charge is -2.26. The molecule has 0 atom stereocenters.